The van der Waals surface area contributed by atoms with Crippen molar-refractivity contribution in [3.63, 3.8) is 0 Å². The zero-order chi connectivity index (χ0) is 14.7. The number of nitrogens with zero attached hydrogens (tertiary/aromatic N) is 1. The van der Waals surface area contributed by atoms with Crippen LogP contribution in [0.3, 0.4) is 0 Å². The summed E-state index contributed by atoms with van der Waals surface area (Å²) in [6.45, 7) is 1.94. The van der Waals surface area contributed by atoms with Gasteiger partial charge in [0, 0.05) is 25.5 Å². The van der Waals surface area contributed by atoms with Gasteiger partial charge in [0.15, 0.2) is 0 Å². The third kappa shape index (κ3) is 2.79. The first-order chi connectivity index (χ1) is 9.52. The maximum atomic E-state index is 12.9. The summed E-state index contributed by atoms with van der Waals surface area (Å²) in [6.07, 6.45) is 0. The van der Waals surface area contributed by atoms with E-state index in [4.69, 9.17) is 0 Å². The second-order valence-electron chi connectivity index (χ2n) is 4.64. The van der Waals surface area contributed by atoms with Gasteiger partial charge >= 0.3 is 0 Å². The van der Waals surface area contributed by atoms with E-state index in [2.05, 4.69) is 5.32 Å². The number of anilines is 2. The first kappa shape index (κ1) is 14.1. The lowest BCUT2D eigenvalue weighted by Gasteiger charge is -2.19. The van der Waals surface area contributed by atoms with Gasteiger partial charge in [-0.25, -0.2) is 4.39 Å². The molecule has 0 aliphatic carbocycles. The lowest BCUT2D eigenvalue weighted by atomic mass is 10.1. The smallest absolute Gasteiger partial charge is 0.260 e. The number of nitrogens with one attached hydrogen (secondary N) is 1. The zero-order valence-electron chi connectivity index (χ0n) is 11.8. The lowest BCUT2D eigenvalue weighted by Crippen LogP contribution is -2.27. The van der Waals surface area contributed by atoms with E-state index in [-0.39, 0.29) is 11.7 Å². The number of rotatable bonds is 3. The van der Waals surface area contributed by atoms with Crippen molar-refractivity contribution in [2.75, 3.05) is 24.3 Å². The summed E-state index contributed by atoms with van der Waals surface area (Å²) in [4.78, 5) is 14.1. The molecule has 1 amide bonds. The van der Waals surface area contributed by atoms with Crippen molar-refractivity contribution < 1.29 is 9.18 Å². The van der Waals surface area contributed by atoms with Gasteiger partial charge in [0.2, 0.25) is 0 Å². The summed E-state index contributed by atoms with van der Waals surface area (Å²) >= 11 is 0. The lowest BCUT2D eigenvalue weighted by molar-refractivity contribution is 0.0993. The van der Waals surface area contributed by atoms with E-state index in [1.54, 1.807) is 26.2 Å². The van der Waals surface area contributed by atoms with E-state index < -0.39 is 0 Å². The van der Waals surface area contributed by atoms with Crippen LogP contribution in [0.2, 0.25) is 0 Å². The van der Waals surface area contributed by atoms with Crippen LogP contribution in [0.1, 0.15) is 15.9 Å². The molecule has 0 fully saturated rings. The summed E-state index contributed by atoms with van der Waals surface area (Å²) in [5.74, 6) is -0.453. The fourth-order valence-electron chi connectivity index (χ4n) is 2.02. The fraction of sp³-hybridized carbons (Fsp3) is 0.188. The van der Waals surface area contributed by atoms with E-state index >= 15 is 0 Å². The predicted molar refractivity (Wildman–Crippen MR) is 79.9 cm³/mol. The quantitative estimate of drug-likeness (QED) is 0.928. The molecule has 0 aliphatic rings. The Kier molecular flexibility index (Phi) is 4.03. The molecule has 0 saturated carbocycles. The first-order valence-corrected chi connectivity index (χ1v) is 6.35. The molecule has 1 N–H and O–H groups in total. The van der Waals surface area contributed by atoms with E-state index in [1.165, 1.54) is 17.0 Å². The average Bonchev–Trinajstić information content (AvgIpc) is 2.46. The second-order valence-corrected chi connectivity index (χ2v) is 4.64. The van der Waals surface area contributed by atoms with E-state index in [0.29, 0.717) is 11.3 Å². The van der Waals surface area contributed by atoms with Crippen molar-refractivity contribution in [2.45, 2.75) is 6.92 Å². The van der Waals surface area contributed by atoms with Crippen molar-refractivity contribution in [1.29, 1.82) is 0 Å². The predicted octanol–water partition coefficient (Wildman–Crippen LogP) is 3.45. The number of aryl methyl sites for hydroxylation is 1. The second kappa shape index (κ2) is 5.74. The number of carbonyl (C=O) groups excluding carboxylic acids is 1. The van der Waals surface area contributed by atoms with Gasteiger partial charge in [-0.2, -0.15) is 0 Å². The van der Waals surface area contributed by atoms with Crippen molar-refractivity contribution in [3.05, 3.63) is 59.4 Å². The SMILES string of the molecule is CNc1ccc(C)cc1C(=O)N(C)c1ccc(F)cc1. The number of hydrogen-bond acceptors (Lipinski definition) is 2. The number of hydrogen-bond donors (Lipinski definition) is 1. The molecule has 0 saturated heterocycles. The monoisotopic (exact) mass is 272 g/mol. The number of benzene rings is 2. The third-order valence-corrected chi connectivity index (χ3v) is 3.19. The molecule has 2 aromatic carbocycles. The van der Waals surface area contributed by atoms with Crippen LogP contribution in [0.4, 0.5) is 15.8 Å². The van der Waals surface area contributed by atoms with Crippen LogP contribution in [0.15, 0.2) is 42.5 Å². The molecule has 104 valence electrons. The minimum absolute atomic E-state index is 0.135. The third-order valence-electron chi connectivity index (χ3n) is 3.19. The molecule has 0 heterocycles. The maximum Gasteiger partial charge on any atom is 0.260 e. The standard InChI is InChI=1S/C16H17FN2O/c1-11-4-9-15(18-2)14(10-11)16(20)19(3)13-7-5-12(17)6-8-13/h4-10,18H,1-3H3. The van der Waals surface area contributed by atoms with Crippen LogP contribution in [0.5, 0.6) is 0 Å². The molecule has 0 atom stereocenters. The van der Waals surface area contributed by atoms with Gasteiger partial charge in [0.05, 0.1) is 5.56 Å². The summed E-state index contributed by atoms with van der Waals surface area (Å²) in [6, 6.07) is 11.5. The van der Waals surface area contributed by atoms with Crippen LogP contribution in [-0.2, 0) is 0 Å². The fourth-order valence-corrected chi connectivity index (χ4v) is 2.02. The minimum Gasteiger partial charge on any atom is -0.387 e. The van der Waals surface area contributed by atoms with Crippen molar-refractivity contribution in [1.82, 2.24) is 0 Å². The number of amides is 1. The van der Waals surface area contributed by atoms with Gasteiger partial charge in [-0.3, -0.25) is 4.79 Å². The van der Waals surface area contributed by atoms with Gasteiger partial charge in [-0.15, -0.1) is 0 Å². The molecule has 0 spiro atoms. The van der Waals surface area contributed by atoms with Gasteiger partial charge in [0.25, 0.3) is 5.91 Å². The molecule has 0 aromatic heterocycles. The van der Waals surface area contributed by atoms with E-state index in [1.807, 2.05) is 25.1 Å². The Bertz CT molecular complexity index is 623. The molecule has 2 rings (SSSR count). The Balaban J connectivity index is 2.35. The summed E-state index contributed by atoms with van der Waals surface area (Å²) in [5, 5.41) is 3.01. The van der Waals surface area contributed by atoms with Crippen molar-refractivity contribution >= 4 is 17.3 Å². The van der Waals surface area contributed by atoms with Crippen molar-refractivity contribution in [3.8, 4) is 0 Å². The summed E-state index contributed by atoms with van der Waals surface area (Å²) < 4.78 is 12.9. The molecule has 4 heteroatoms. The van der Waals surface area contributed by atoms with Crippen LogP contribution < -0.4 is 10.2 Å². The maximum absolute atomic E-state index is 12.9. The van der Waals surface area contributed by atoms with Crippen molar-refractivity contribution in [2.24, 2.45) is 0 Å². The number of carbonyl (C=O) groups is 1. The van der Waals surface area contributed by atoms with Gasteiger partial charge in [-0.05, 0) is 43.3 Å². The Morgan fingerprint density at radius 3 is 2.40 bits per heavy atom. The summed E-state index contributed by atoms with van der Waals surface area (Å²) in [7, 11) is 3.46. The summed E-state index contributed by atoms with van der Waals surface area (Å²) in [5.41, 5.74) is 3.04. The molecular formula is C16H17FN2O. The Hall–Kier alpha value is -2.36. The largest absolute Gasteiger partial charge is 0.387 e. The molecule has 3 nitrogen and oxygen atoms in total. The van der Waals surface area contributed by atoms with Crippen LogP contribution in [-0.4, -0.2) is 20.0 Å². The van der Waals surface area contributed by atoms with Gasteiger partial charge in [-0.1, -0.05) is 11.6 Å². The Labute approximate surface area is 118 Å². The first-order valence-electron chi connectivity index (χ1n) is 6.35. The zero-order valence-corrected chi connectivity index (χ0v) is 11.8. The Morgan fingerprint density at radius 1 is 1.15 bits per heavy atom. The van der Waals surface area contributed by atoms with Crippen LogP contribution in [0, 0.1) is 12.7 Å². The van der Waals surface area contributed by atoms with E-state index in [0.717, 1.165) is 11.3 Å². The molecule has 0 bridgehead atoms. The molecule has 2 aromatic rings. The molecule has 0 unspecified atom stereocenters. The highest BCUT2D eigenvalue weighted by molar-refractivity contribution is 6.09. The molecule has 0 radical (unpaired) electrons. The topological polar surface area (TPSA) is 32.3 Å². The van der Waals surface area contributed by atoms with E-state index in [9.17, 15) is 9.18 Å². The molecule has 20 heavy (non-hydrogen) atoms. The number of halogens is 1. The molecule has 0 aliphatic heterocycles. The van der Waals surface area contributed by atoms with Crippen LogP contribution in [0.25, 0.3) is 0 Å². The highest BCUT2D eigenvalue weighted by Gasteiger charge is 2.17. The van der Waals surface area contributed by atoms with Gasteiger partial charge in [0.1, 0.15) is 5.82 Å². The van der Waals surface area contributed by atoms with Crippen LogP contribution >= 0.6 is 0 Å². The van der Waals surface area contributed by atoms with Gasteiger partial charge < -0.3 is 10.2 Å². The Morgan fingerprint density at radius 2 is 1.80 bits per heavy atom. The average molecular weight is 272 g/mol. The normalized spacial score (nSPS) is 10.2. The minimum atomic E-state index is -0.318. The molecular weight excluding hydrogens is 255 g/mol. The highest BCUT2D eigenvalue weighted by Crippen LogP contribution is 2.22. The highest BCUT2D eigenvalue weighted by atomic mass is 19.1.